The minimum Gasteiger partial charge on any atom is -0.367 e. The van der Waals surface area contributed by atoms with Gasteiger partial charge in [-0.05, 0) is 36.2 Å². The van der Waals surface area contributed by atoms with Crippen LogP contribution in [0.15, 0.2) is 97.1 Å². The van der Waals surface area contributed by atoms with Gasteiger partial charge in [-0.3, -0.25) is 9.80 Å². The van der Waals surface area contributed by atoms with Crippen molar-refractivity contribution in [3.05, 3.63) is 114 Å². The smallest absolute Gasteiger partial charge is 0.108 e. The number of rotatable bonds is 9. The minimum atomic E-state index is -0.0102. The highest BCUT2D eigenvalue weighted by molar-refractivity contribution is 5.48. The fourth-order valence-corrected chi connectivity index (χ4v) is 4.27. The quantitative estimate of drug-likeness (QED) is 0.448. The summed E-state index contributed by atoms with van der Waals surface area (Å²) in [6.07, 6.45) is 5.71. The first-order valence-corrected chi connectivity index (χ1v) is 11.8. The lowest BCUT2D eigenvalue weighted by atomic mass is 10.0. The maximum absolute atomic E-state index is 6.43. The Balaban J connectivity index is 1.25. The highest BCUT2D eigenvalue weighted by Gasteiger charge is 2.17. The molecule has 0 amide bonds. The van der Waals surface area contributed by atoms with Crippen LogP contribution < -0.4 is 0 Å². The number of ether oxygens (including phenoxy) is 1. The molecule has 1 heterocycles. The second kappa shape index (κ2) is 12.4. The molecule has 1 fully saturated rings. The summed E-state index contributed by atoms with van der Waals surface area (Å²) in [5.74, 6) is 0. The van der Waals surface area contributed by atoms with Gasteiger partial charge in [-0.1, -0.05) is 103 Å². The molecule has 166 valence electrons. The van der Waals surface area contributed by atoms with Crippen LogP contribution >= 0.6 is 0 Å². The molecule has 1 saturated heterocycles. The van der Waals surface area contributed by atoms with Gasteiger partial charge in [0.2, 0.25) is 0 Å². The fourth-order valence-electron chi connectivity index (χ4n) is 4.27. The van der Waals surface area contributed by atoms with E-state index in [9.17, 15) is 0 Å². The van der Waals surface area contributed by atoms with Crippen LogP contribution in [0.2, 0.25) is 0 Å². The van der Waals surface area contributed by atoms with Crippen LogP contribution in [0.1, 0.15) is 29.2 Å². The predicted molar refractivity (Wildman–Crippen MR) is 134 cm³/mol. The Morgan fingerprint density at radius 3 is 1.91 bits per heavy atom. The first-order chi connectivity index (χ1) is 15.9. The van der Waals surface area contributed by atoms with Crippen molar-refractivity contribution in [2.75, 3.05) is 45.9 Å². The molecule has 3 aromatic carbocycles. The Labute approximate surface area is 192 Å². The fraction of sp³-hybridized carbons (Fsp3) is 0.310. The molecule has 3 heteroatoms. The summed E-state index contributed by atoms with van der Waals surface area (Å²) in [5.41, 5.74) is 3.70. The summed E-state index contributed by atoms with van der Waals surface area (Å²) in [6, 6.07) is 31.6. The summed E-state index contributed by atoms with van der Waals surface area (Å²) < 4.78 is 6.43. The Morgan fingerprint density at radius 2 is 1.25 bits per heavy atom. The third-order valence-corrected chi connectivity index (χ3v) is 6.05. The summed E-state index contributed by atoms with van der Waals surface area (Å²) in [4.78, 5) is 5.10. The molecule has 3 nitrogen and oxygen atoms in total. The number of benzene rings is 3. The normalized spacial score (nSPS) is 15.9. The third-order valence-electron chi connectivity index (χ3n) is 6.05. The van der Waals surface area contributed by atoms with Crippen LogP contribution in [-0.4, -0.2) is 55.7 Å². The van der Waals surface area contributed by atoms with Gasteiger partial charge in [0.05, 0.1) is 6.61 Å². The van der Waals surface area contributed by atoms with Crippen molar-refractivity contribution in [2.24, 2.45) is 0 Å². The van der Waals surface area contributed by atoms with Crippen molar-refractivity contribution in [1.29, 1.82) is 0 Å². The molecule has 0 bridgehead atoms. The Bertz CT molecular complexity index is 888. The van der Waals surface area contributed by atoms with Crippen molar-refractivity contribution in [2.45, 2.75) is 12.5 Å². The number of hydrogen-bond donors (Lipinski definition) is 0. The Kier molecular flexibility index (Phi) is 8.67. The van der Waals surface area contributed by atoms with Gasteiger partial charge < -0.3 is 4.74 Å². The van der Waals surface area contributed by atoms with E-state index in [-0.39, 0.29) is 6.10 Å². The maximum Gasteiger partial charge on any atom is 0.108 e. The van der Waals surface area contributed by atoms with Crippen LogP contribution in [-0.2, 0) is 4.74 Å². The van der Waals surface area contributed by atoms with Gasteiger partial charge in [0.25, 0.3) is 0 Å². The van der Waals surface area contributed by atoms with Gasteiger partial charge in [0, 0.05) is 26.2 Å². The largest absolute Gasteiger partial charge is 0.367 e. The summed E-state index contributed by atoms with van der Waals surface area (Å²) in [7, 11) is 0. The number of hydrogen-bond acceptors (Lipinski definition) is 3. The van der Waals surface area contributed by atoms with E-state index in [4.69, 9.17) is 4.74 Å². The van der Waals surface area contributed by atoms with Crippen molar-refractivity contribution >= 4 is 6.08 Å². The third kappa shape index (κ3) is 6.89. The zero-order valence-electron chi connectivity index (χ0n) is 18.9. The lowest BCUT2D eigenvalue weighted by Gasteiger charge is -2.24. The Morgan fingerprint density at radius 1 is 0.688 bits per heavy atom. The molecule has 0 aliphatic carbocycles. The van der Waals surface area contributed by atoms with Crippen molar-refractivity contribution in [3.63, 3.8) is 0 Å². The van der Waals surface area contributed by atoms with Crippen molar-refractivity contribution in [3.8, 4) is 0 Å². The maximum atomic E-state index is 6.43. The van der Waals surface area contributed by atoms with Gasteiger partial charge in [-0.15, -0.1) is 0 Å². The zero-order valence-corrected chi connectivity index (χ0v) is 18.9. The van der Waals surface area contributed by atoms with E-state index < -0.39 is 0 Å². The zero-order chi connectivity index (χ0) is 21.8. The Hall–Kier alpha value is -2.72. The van der Waals surface area contributed by atoms with E-state index in [0.29, 0.717) is 0 Å². The lowest BCUT2D eigenvalue weighted by molar-refractivity contribution is 0.0606. The van der Waals surface area contributed by atoms with Gasteiger partial charge >= 0.3 is 0 Å². The molecule has 0 atom stereocenters. The molecule has 1 aliphatic rings. The van der Waals surface area contributed by atoms with Crippen LogP contribution in [0.3, 0.4) is 0 Å². The van der Waals surface area contributed by atoms with E-state index in [2.05, 4.69) is 113 Å². The lowest BCUT2D eigenvalue weighted by Crippen LogP contribution is -2.33. The SMILES string of the molecule is C(=C\c1ccccc1)/CN1CCCN(CCOC(c2ccccc2)c2ccccc2)CC1. The van der Waals surface area contributed by atoms with E-state index in [1.807, 2.05) is 0 Å². The van der Waals surface area contributed by atoms with Gasteiger partial charge in [-0.25, -0.2) is 0 Å². The molecule has 0 saturated carbocycles. The van der Waals surface area contributed by atoms with E-state index in [1.54, 1.807) is 0 Å². The summed E-state index contributed by atoms with van der Waals surface area (Å²) in [6.45, 7) is 7.25. The highest BCUT2D eigenvalue weighted by atomic mass is 16.5. The molecule has 32 heavy (non-hydrogen) atoms. The highest BCUT2D eigenvalue weighted by Crippen LogP contribution is 2.25. The molecule has 0 spiro atoms. The first kappa shape index (κ1) is 22.5. The summed E-state index contributed by atoms with van der Waals surface area (Å²) >= 11 is 0. The van der Waals surface area contributed by atoms with Crippen LogP contribution in [0, 0.1) is 0 Å². The van der Waals surface area contributed by atoms with Crippen molar-refractivity contribution in [1.82, 2.24) is 9.80 Å². The van der Waals surface area contributed by atoms with Crippen molar-refractivity contribution < 1.29 is 4.74 Å². The van der Waals surface area contributed by atoms with E-state index in [1.165, 1.54) is 23.1 Å². The standard InChI is InChI=1S/C29H34N2O/c1-4-12-26(13-5-1)14-10-19-30-20-11-21-31(23-22-30)24-25-32-29(27-15-6-2-7-16-27)28-17-8-3-9-18-28/h1-10,12-18,29H,11,19-25H2/b14-10+. The average Bonchev–Trinajstić information content (AvgIpc) is 3.09. The van der Waals surface area contributed by atoms with Gasteiger partial charge in [0.15, 0.2) is 0 Å². The average molecular weight is 427 g/mol. The molecule has 1 aliphatic heterocycles. The molecule has 3 aromatic rings. The molecule has 4 rings (SSSR count). The first-order valence-electron chi connectivity index (χ1n) is 11.8. The molecular formula is C29H34N2O. The molecule has 0 unspecified atom stereocenters. The van der Waals surface area contributed by atoms with Crippen LogP contribution in [0.4, 0.5) is 0 Å². The second-order valence-electron chi connectivity index (χ2n) is 8.38. The van der Waals surface area contributed by atoms with E-state index >= 15 is 0 Å². The van der Waals surface area contributed by atoms with Crippen LogP contribution in [0.25, 0.3) is 6.08 Å². The minimum absolute atomic E-state index is 0.0102. The molecule has 0 aromatic heterocycles. The van der Waals surface area contributed by atoms with Gasteiger partial charge in [-0.2, -0.15) is 0 Å². The molecule has 0 radical (unpaired) electrons. The monoisotopic (exact) mass is 426 g/mol. The predicted octanol–water partition coefficient (Wildman–Crippen LogP) is 5.51. The van der Waals surface area contributed by atoms with Crippen LogP contribution in [0.5, 0.6) is 0 Å². The van der Waals surface area contributed by atoms with E-state index in [0.717, 1.165) is 45.9 Å². The van der Waals surface area contributed by atoms with Gasteiger partial charge in [0.1, 0.15) is 6.10 Å². The summed E-state index contributed by atoms with van der Waals surface area (Å²) in [5, 5.41) is 0. The topological polar surface area (TPSA) is 15.7 Å². The molecular weight excluding hydrogens is 392 g/mol. The second-order valence-corrected chi connectivity index (χ2v) is 8.38. The molecule has 0 N–H and O–H groups in total. The number of nitrogens with zero attached hydrogens (tertiary/aromatic N) is 2.